The van der Waals surface area contributed by atoms with E-state index >= 15 is 0 Å². The molecule has 3 nitrogen and oxygen atoms in total. The molecule has 2 heterocycles. The van der Waals surface area contributed by atoms with Crippen LogP contribution in [-0.2, 0) is 5.41 Å². The summed E-state index contributed by atoms with van der Waals surface area (Å²) in [6, 6.07) is 33.9. The third-order valence-corrected chi connectivity index (χ3v) is 7.33. The molecule has 170 valence electrons. The molecule has 4 aromatic carbocycles. The van der Waals surface area contributed by atoms with Crippen LogP contribution in [0.5, 0.6) is 0 Å². The van der Waals surface area contributed by atoms with Gasteiger partial charge in [-0.25, -0.2) is 15.0 Å². The predicted octanol–water partition coefficient (Wildman–Crippen LogP) is 8.54. The average Bonchev–Trinajstić information content (AvgIpc) is 3.26. The molecule has 0 aliphatic carbocycles. The first-order chi connectivity index (χ1) is 17.0. The van der Waals surface area contributed by atoms with Crippen molar-refractivity contribution in [1.82, 2.24) is 15.0 Å². The molecule has 0 N–H and O–H groups in total. The molecule has 0 aliphatic rings. The van der Waals surface area contributed by atoms with E-state index in [2.05, 4.69) is 106 Å². The van der Waals surface area contributed by atoms with Crippen LogP contribution in [0.3, 0.4) is 0 Å². The lowest BCUT2D eigenvalue weighted by Crippen LogP contribution is -2.18. The highest BCUT2D eigenvalue weighted by molar-refractivity contribution is 7.25. The van der Waals surface area contributed by atoms with Gasteiger partial charge in [-0.3, -0.25) is 0 Å². The minimum absolute atomic E-state index is 0.212. The van der Waals surface area contributed by atoms with Crippen LogP contribution in [0.25, 0.3) is 54.1 Å². The monoisotopic (exact) mass is 471 g/mol. The van der Waals surface area contributed by atoms with E-state index in [1.54, 1.807) is 0 Å². The van der Waals surface area contributed by atoms with Crippen molar-refractivity contribution >= 4 is 31.5 Å². The van der Waals surface area contributed by atoms with E-state index in [0.717, 1.165) is 28.1 Å². The van der Waals surface area contributed by atoms with Crippen LogP contribution in [-0.4, -0.2) is 15.0 Å². The van der Waals surface area contributed by atoms with Crippen molar-refractivity contribution in [2.45, 2.75) is 26.2 Å². The van der Waals surface area contributed by atoms with Crippen molar-refractivity contribution in [2.24, 2.45) is 0 Å². The third-order valence-electron chi connectivity index (χ3n) is 6.20. The smallest absolute Gasteiger partial charge is 0.164 e. The van der Waals surface area contributed by atoms with Crippen LogP contribution in [0.15, 0.2) is 97.1 Å². The summed E-state index contributed by atoms with van der Waals surface area (Å²) in [5.41, 5.74) is 4.07. The van der Waals surface area contributed by atoms with E-state index in [9.17, 15) is 0 Å². The van der Waals surface area contributed by atoms with Gasteiger partial charge in [0.1, 0.15) is 5.82 Å². The maximum absolute atomic E-state index is 5.02. The number of benzene rings is 4. The first-order valence-corrected chi connectivity index (χ1v) is 12.6. The first-order valence-electron chi connectivity index (χ1n) is 11.8. The minimum Gasteiger partial charge on any atom is -0.212 e. The summed E-state index contributed by atoms with van der Waals surface area (Å²) in [5.74, 6) is 2.20. The Balaban J connectivity index is 1.55. The molecular formula is C31H25N3S. The van der Waals surface area contributed by atoms with Gasteiger partial charge >= 0.3 is 0 Å². The Hall–Kier alpha value is -3.89. The van der Waals surface area contributed by atoms with Crippen LogP contribution in [0.1, 0.15) is 26.6 Å². The molecule has 4 heteroatoms. The van der Waals surface area contributed by atoms with Crippen molar-refractivity contribution in [3.05, 3.63) is 103 Å². The summed E-state index contributed by atoms with van der Waals surface area (Å²) in [5, 5.41) is 2.57. The molecule has 0 spiro atoms. The van der Waals surface area contributed by atoms with Gasteiger partial charge in [0.2, 0.25) is 0 Å². The van der Waals surface area contributed by atoms with Gasteiger partial charge in [0.25, 0.3) is 0 Å². The number of fused-ring (bicyclic) bond motifs is 3. The van der Waals surface area contributed by atoms with Gasteiger partial charge in [-0.2, -0.15) is 0 Å². The lowest BCUT2D eigenvalue weighted by Gasteiger charge is -2.19. The maximum atomic E-state index is 5.02. The quantitative estimate of drug-likeness (QED) is 0.259. The molecule has 0 saturated carbocycles. The predicted molar refractivity (Wildman–Crippen MR) is 148 cm³/mol. The molecule has 2 aromatic heterocycles. The molecule has 0 saturated heterocycles. The molecule has 0 unspecified atom stereocenters. The normalized spacial score (nSPS) is 11.9. The SMILES string of the molecule is CC(C)(C)c1nc(-c2ccc3c(c2)sc2ccccc23)nc(-c2ccccc2-c2ccccc2)n1. The molecule has 6 rings (SSSR count). The molecule has 6 aromatic rings. The second-order valence-corrected chi connectivity index (χ2v) is 10.9. The van der Waals surface area contributed by atoms with Crippen molar-refractivity contribution in [3.8, 4) is 33.9 Å². The van der Waals surface area contributed by atoms with Crippen LogP contribution in [0.2, 0.25) is 0 Å². The van der Waals surface area contributed by atoms with Gasteiger partial charge in [0.15, 0.2) is 11.6 Å². The van der Waals surface area contributed by atoms with Gasteiger partial charge in [-0.1, -0.05) is 106 Å². The summed E-state index contributed by atoms with van der Waals surface area (Å²) in [4.78, 5) is 14.9. The lowest BCUT2D eigenvalue weighted by molar-refractivity contribution is 0.543. The van der Waals surface area contributed by atoms with E-state index in [-0.39, 0.29) is 5.41 Å². The lowest BCUT2D eigenvalue weighted by atomic mass is 9.95. The Kier molecular flexibility index (Phi) is 5.19. The van der Waals surface area contributed by atoms with Crippen molar-refractivity contribution in [3.63, 3.8) is 0 Å². The Bertz CT molecular complexity index is 1680. The summed E-state index contributed by atoms with van der Waals surface area (Å²) >= 11 is 1.81. The number of aromatic nitrogens is 3. The maximum Gasteiger partial charge on any atom is 0.164 e. The highest BCUT2D eigenvalue weighted by Crippen LogP contribution is 2.37. The summed E-state index contributed by atoms with van der Waals surface area (Å²) in [7, 11) is 0. The Morgan fingerprint density at radius 2 is 1.20 bits per heavy atom. The fourth-order valence-corrected chi connectivity index (χ4v) is 5.52. The zero-order valence-corrected chi connectivity index (χ0v) is 20.8. The second kappa shape index (κ2) is 8.40. The van der Waals surface area contributed by atoms with E-state index < -0.39 is 0 Å². The van der Waals surface area contributed by atoms with Crippen LogP contribution in [0.4, 0.5) is 0 Å². The summed E-state index contributed by atoms with van der Waals surface area (Å²) in [6.45, 7) is 6.44. The Morgan fingerprint density at radius 1 is 0.543 bits per heavy atom. The summed E-state index contributed by atoms with van der Waals surface area (Å²) < 4.78 is 2.54. The van der Waals surface area contributed by atoms with Crippen molar-refractivity contribution in [2.75, 3.05) is 0 Å². The standard InChI is InChI=1S/C31H25N3S/c1-31(2,3)30-33-28(21-17-18-24-23-14-9-10-16-26(23)35-27(24)19-21)32-29(34-30)25-15-8-7-13-22(25)20-11-5-4-6-12-20/h4-19H,1-3H3. The van der Waals surface area contributed by atoms with Crippen molar-refractivity contribution < 1.29 is 0 Å². The zero-order valence-electron chi connectivity index (χ0n) is 20.0. The van der Waals surface area contributed by atoms with Crippen LogP contribution >= 0.6 is 11.3 Å². The van der Waals surface area contributed by atoms with E-state index in [4.69, 9.17) is 15.0 Å². The van der Waals surface area contributed by atoms with Gasteiger partial charge < -0.3 is 0 Å². The van der Waals surface area contributed by atoms with Gasteiger partial charge in [0.05, 0.1) is 0 Å². The Morgan fingerprint density at radius 3 is 2.00 bits per heavy atom. The molecular weight excluding hydrogens is 446 g/mol. The number of rotatable bonds is 3. The van der Waals surface area contributed by atoms with Gasteiger partial charge in [0, 0.05) is 36.7 Å². The van der Waals surface area contributed by atoms with E-state index in [1.807, 2.05) is 23.5 Å². The first kappa shape index (κ1) is 21.6. The number of nitrogens with zero attached hydrogens (tertiary/aromatic N) is 3. The van der Waals surface area contributed by atoms with Crippen LogP contribution < -0.4 is 0 Å². The van der Waals surface area contributed by atoms with Crippen LogP contribution in [0, 0.1) is 0 Å². The molecule has 0 aliphatic heterocycles. The molecule has 0 fully saturated rings. The summed E-state index contributed by atoms with van der Waals surface area (Å²) in [6.07, 6.45) is 0. The number of hydrogen-bond acceptors (Lipinski definition) is 4. The molecule has 35 heavy (non-hydrogen) atoms. The number of thiophene rings is 1. The minimum atomic E-state index is -0.212. The Labute approximate surface area is 209 Å². The highest BCUT2D eigenvalue weighted by Gasteiger charge is 2.22. The van der Waals surface area contributed by atoms with E-state index in [0.29, 0.717) is 11.6 Å². The fraction of sp³-hybridized carbons (Fsp3) is 0.129. The average molecular weight is 472 g/mol. The third kappa shape index (κ3) is 4.00. The molecule has 0 atom stereocenters. The topological polar surface area (TPSA) is 38.7 Å². The molecule has 0 amide bonds. The van der Waals surface area contributed by atoms with Crippen molar-refractivity contribution in [1.29, 1.82) is 0 Å². The van der Waals surface area contributed by atoms with E-state index in [1.165, 1.54) is 20.2 Å². The van der Waals surface area contributed by atoms with Gasteiger partial charge in [-0.05, 0) is 23.3 Å². The number of hydrogen-bond donors (Lipinski definition) is 0. The highest BCUT2D eigenvalue weighted by atomic mass is 32.1. The largest absolute Gasteiger partial charge is 0.212 e. The zero-order chi connectivity index (χ0) is 24.0. The molecule has 0 bridgehead atoms. The second-order valence-electron chi connectivity index (χ2n) is 9.78. The molecule has 0 radical (unpaired) electrons. The van der Waals surface area contributed by atoms with Gasteiger partial charge in [-0.15, -0.1) is 11.3 Å². The fourth-order valence-electron chi connectivity index (χ4n) is 4.37.